The van der Waals surface area contributed by atoms with Gasteiger partial charge in [-0.15, -0.1) is 0 Å². The molecular formula is C16H20N2O3. The predicted molar refractivity (Wildman–Crippen MR) is 80.4 cm³/mol. The Bertz CT molecular complexity index is 552. The molecular weight excluding hydrogens is 268 g/mol. The Kier molecular flexibility index (Phi) is 3.82. The molecule has 5 heteroatoms. The number of benzene rings is 1. The molecule has 0 N–H and O–H groups in total. The molecule has 2 fully saturated rings. The van der Waals surface area contributed by atoms with E-state index in [1.165, 1.54) is 20.0 Å². The second-order valence-corrected chi connectivity index (χ2v) is 5.61. The van der Waals surface area contributed by atoms with Gasteiger partial charge in [-0.25, -0.2) is 0 Å². The lowest BCUT2D eigenvalue weighted by Gasteiger charge is -2.26. The molecule has 2 aliphatic heterocycles. The number of ether oxygens (including phenoxy) is 1. The van der Waals surface area contributed by atoms with Crippen molar-refractivity contribution in [2.75, 3.05) is 36.5 Å². The summed E-state index contributed by atoms with van der Waals surface area (Å²) in [6, 6.07) is 7.95. The average molecular weight is 288 g/mol. The first kappa shape index (κ1) is 13.9. The summed E-state index contributed by atoms with van der Waals surface area (Å²) in [7, 11) is 1.37. The van der Waals surface area contributed by atoms with Gasteiger partial charge in [0, 0.05) is 26.1 Å². The van der Waals surface area contributed by atoms with Gasteiger partial charge in [0.05, 0.1) is 24.4 Å². The number of rotatable bonds is 3. The van der Waals surface area contributed by atoms with Crippen LogP contribution in [-0.2, 0) is 14.3 Å². The predicted octanol–water partition coefficient (Wildman–Crippen LogP) is 1.81. The third kappa shape index (κ3) is 2.60. The lowest BCUT2D eigenvalue weighted by Crippen LogP contribution is -2.29. The van der Waals surface area contributed by atoms with Crippen LogP contribution in [0.5, 0.6) is 0 Å². The molecule has 2 saturated heterocycles. The smallest absolute Gasteiger partial charge is 0.311 e. The molecule has 5 nitrogen and oxygen atoms in total. The van der Waals surface area contributed by atoms with Gasteiger partial charge >= 0.3 is 5.97 Å². The summed E-state index contributed by atoms with van der Waals surface area (Å²) in [6.07, 6.45) is 2.61. The van der Waals surface area contributed by atoms with Gasteiger partial charge in [-0.3, -0.25) is 9.59 Å². The molecule has 21 heavy (non-hydrogen) atoms. The maximum atomic E-state index is 12.3. The molecule has 1 aromatic rings. The summed E-state index contributed by atoms with van der Waals surface area (Å²) in [5.74, 6) is -0.657. The quantitative estimate of drug-likeness (QED) is 0.796. The molecule has 0 bridgehead atoms. The van der Waals surface area contributed by atoms with E-state index in [1.807, 2.05) is 18.2 Å². The number of amides is 1. The van der Waals surface area contributed by atoms with Crippen LogP contribution in [0.4, 0.5) is 11.4 Å². The Hall–Kier alpha value is -2.04. The van der Waals surface area contributed by atoms with Crippen LogP contribution >= 0.6 is 0 Å². The van der Waals surface area contributed by atoms with Crippen LogP contribution in [0.2, 0.25) is 0 Å². The highest BCUT2D eigenvalue weighted by Crippen LogP contribution is 2.35. The van der Waals surface area contributed by atoms with Crippen molar-refractivity contribution in [1.82, 2.24) is 0 Å². The van der Waals surface area contributed by atoms with Gasteiger partial charge in [0.2, 0.25) is 5.91 Å². The van der Waals surface area contributed by atoms with Crippen LogP contribution in [-0.4, -0.2) is 38.6 Å². The molecule has 112 valence electrons. The molecule has 2 aliphatic rings. The van der Waals surface area contributed by atoms with E-state index in [2.05, 4.69) is 11.0 Å². The highest BCUT2D eigenvalue weighted by Gasteiger charge is 2.37. The Morgan fingerprint density at radius 1 is 1.19 bits per heavy atom. The Labute approximate surface area is 124 Å². The minimum absolute atomic E-state index is 0.00273. The van der Waals surface area contributed by atoms with Crippen molar-refractivity contribution in [2.24, 2.45) is 5.92 Å². The normalized spacial score (nSPS) is 22.0. The number of hydrogen-bond acceptors (Lipinski definition) is 4. The van der Waals surface area contributed by atoms with Gasteiger partial charge in [0.25, 0.3) is 0 Å². The van der Waals surface area contributed by atoms with E-state index in [4.69, 9.17) is 4.74 Å². The summed E-state index contributed by atoms with van der Waals surface area (Å²) >= 11 is 0. The largest absolute Gasteiger partial charge is 0.469 e. The fourth-order valence-corrected chi connectivity index (χ4v) is 3.18. The summed E-state index contributed by atoms with van der Waals surface area (Å²) in [5, 5.41) is 0. The van der Waals surface area contributed by atoms with Gasteiger partial charge < -0.3 is 14.5 Å². The number of para-hydroxylation sites is 2. The van der Waals surface area contributed by atoms with Crippen LogP contribution in [0.25, 0.3) is 0 Å². The molecule has 1 amide bonds. The van der Waals surface area contributed by atoms with Crippen LogP contribution in [0.3, 0.4) is 0 Å². The topological polar surface area (TPSA) is 49.9 Å². The molecule has 1 aromatic carbocycles. The fraction of sp³-hybridized carbons (Fsp3) is 0.500. The van der Waals surface area contributed by atoms with E-state index < -0.39 is 0 Å². The lowest BCUT2D eigenvalue weighted by molar-refractivity contribution is -0.145. The monoisotopic (exact) mass is 288 g/mol. The highest BCUT2D eigenvalue weighted by molar-refractivity contribution is 6.01. The summed E-state index contributed by atoms with van der Waals surface area (Å²) in [4.78, 5) is 28.0. The maximum absolute atomic E-state index is 12.3. The molecule has 0 radical (unpaired) electrons. The summed E-state index contributed by atoms with van der Waals surface area (Å²) in [6.45, 7) is 2.47. The lowest BCUT2D eigenvalue weighted by atomic mass is 10.1. The Morgan fingerprint density at radius 3 is 2.52 bits per heavy atom. The van der Waals surface area contributed by atoms with Crippen LogP contribution in [0.15, 0.2) is 24.3 Å². The fourth-order valence-electron chi connectivity index (χ4n) is 3.18. The van der Waals surface area contributed by atoms with Crippen molar-refractivity contribution in [3.63, 3.8) is 0 Å². The van der Waals surface area contributed by atoms with E-state index in [9.17, 15) is 9.59 Å². The van der Waals surface area contributed by atoms with Crippen molar-refractivity contribution in [3.8, 4) is 0 Å². The molecule has 0 aromatic heterocycles. The third-order valence-corrected chi connectivity index (χ3v) is 4.28. The maximum Gasteiger partial charge on any atom is 0.311 e. The summed E-state index contributed by atoms with van der Waals surface area (Å²) < 4.78 is 4.77. The van der Waals surface area contributed by atoms with E-state index in [-0.39, 0.29) is 24.2 Å². The van der Waals surface area contributed by atoms with E-state index in [0.717, 1.165) is 24.5 Å². The zero-order valence-corrected chi connectivity index (χ0v) is 12.2. The number of carbonyl (C=O) groups excluding carboxylic acids is 2. The van der Waals surface area contributed by atoms with Gasteiger partial charge in [-0.1, -0.05) is 12.1 Å². The number of methoxy groups -OCH3 is 1. The molecule has 3 rings (SSSR count). The minimum atomic E-state index is -0.353. The number of anilines is 2. The van der Waals surface area contributed by atoms with Crippen molar-refractivity contribution in [1.29, 1.82) is 0 Å². The first-order valence-corrected chi connectivity index (χ1v) is 7.43. The Morgan fingerprint density at radius 2 is 1.86 bits per heavy atom. The first-order chi connectivity index (χ1) is 10.2. The molecule has 0 unspecified atom stereocenters. The standard InChI is InChI=1S/C16H20N2O3/c1-21-16(20)12-10-15(19)18(11-12)14-7-3-2-6-13(14)17-8-4-5-9-17/h2-3,6-7,12H,4-5,8-11H2,1H3/t12-/m0/s1. The van der Waals surface area contributed by atoms with Crippen molar-refractivity contribution in [2.45, 2.75) is 19.3 Å². The number of nitrogens with zero attached hydrogens (tertiary/aromatic N) is 2. The van der Waals surface area contributed by atoms with Gasteiger partial charge in [0.1, 0.15) is 0 Å². The van der Waals surface area contributed by atoms with E-state index >= 15 is 0 Å². The van der Waals surface area contributed by atoms with Gasteiger partial charge in [-0.2, -0.15) is 0 Å². The minimum Gasteiger partial charge on any atom is -0.469 e. The van der Waals surface area contributed by atoms with Crippen LogP contribution in [0, 0.1) is 5.92 Å². The summed E-state index contributed by atoms with van der Waals surface area (Å²) in [5.41, 5.74) is 2.00. The SMILES string of the molecule is COC(=O)[C@H]1CC(=O)N(c2ccccc2N2CCCC2)C1. The second kappa shape index (κ2) is 5.76. The van der Waals surface area contributed by atoms with Crippen molar-refractivity contribution >= 4 is 23.3 Å². The van der Waals surface area contributed by atoms with Crippen molar-refractivity contribution < 1.29 is 14.3 Å². The van der Waals surface area contributed by atoms with Crippen LogP contribution < -0.4 is 9.80 Å². The number of carbonyl (C=O) groups is 2. The van der Waals surface area contributed by atoms with Gasteiger partial charge in [0.15, 0.2) is 0 Å². The highest BCUT2D eigenvalue weighted by atomic mass is 16.5. The van der Waals surface area contributed by atoms with E-state index in [0.29, 0.717) is 6.54 Å². The third-order valence-electron chi connectivity index (χ3n) is 4.28. The van der Waals surface area contributed by atoms with E-state index in [1.54, 1.807) is 4.90 Å². The molecule has 1 atom stereocenters. The zero-order valence-electron chi connectivity index (χ0n) is 12.2. The van der Waals surface area contributed by atoms with Gasteiger partial charge in [-0.05, 0) is 25.0 Å². The molecule has 0 saturated carbocycles. The van der Waals surface area contributed by atoms with Crippen LogP contribution in [0.1, 0.15) is 19.3 Å². The zero-order chi connectivity index (χ0) is 14.8. The molecule has 0 spiro atoms. The average Bonchev–Trinajstić information content (AvgIpc) is 3.16. The number of esters is 1. The first-order valence-electron chi connectivity index (χ1n) is 7.43. The second-order valence-electron chi connectivity index (χ2n) is 5.61. The molecule has 2 heterocycles. The number of hydrogen-bond donors (Lipinski definition) is 0. The van der Waals surface area contributed by atoms with Crippen molar-refractivity contribution in [3.05, 3.63) is 24.3 Å². The molecule has 0 aliphatic carbocycles. The Balaban J connectivity index is 1.87.